The summed E-state index contributed by atoms with van der Waals surface area (Å²) < 4.78 is 3.56. The average molecular weight is 472 g/mol. The molecule has 0 aliphatic carbocycles. The maximum atomic E-state index is 12.9. The molecule has 34 heavy (non-hydrogen) atoms. The van der Waals surface area contributed by atoms with Crippen molar-refractivity contribution < 1.29 is 4.79 Å². The van der Waals surface area contributed by atoms with Crippen LogP contribution in [0.25, 0.3) is 27.9 Å². The van der Waals surface area contributed by atoms with Gasteiger partial charge in [0.2, 0.25) is 5.91 Å². The van der Waals surface area contributed by atoms with Gasteiger partial charge in [-0.05, 0) is 42.8 Å². The lowest BCUT2D eigenvalue weighted by molar-refractivity contribution is -0.120. The van der Waals surface area contributed by atoms with Gasteiger partial charge in [0.15, 0.2) is 0 Å². The Labute approximate surface area is 201 Å². The number of hydrogen-bond acceptors (Lipinski definition) is 5. The summed E-state index contributed by atoms with van der Waals surface area (Å²) in [6, 6.07) is 16.4. The third kappa shape index (κ3) is 4.05. The molecular weight excluding hydrogens is 450 g/mol. The zero-order valence-electron chi connectivity index (χ0n) is 18.6. The van der Waals surface area contributed by atoms with Crippen molar-refractivity contribution in [2.24, 2.45) is 12.8 Å². The van der Waals surface area contributed by atoms with Crippen molar-refractivity contribution in [1.29, 1.82) is 0 Å². The van der Waals surface area contributed by atoms with Crippen LogP contribution in [0, 0.1) is 0 Å². The number of fused-ring (bicyclic) bond motifs is 1. The predicted molar refractivity (Wildman–Crippen MR) is 132 cm³/mol. The van der Waals surface area contributed by atoms with Crippen LogP contribution in [0.4, 0.5) is 5.69 Å². The van der Waals surface area contributed by atoms with E-state index in [2.05, 4.69) is 20.5 Å². The number of nitrogens with two attached hydrogens (primary N) is 1. The molecule has 1 unspecified atom stereocenters. The second-order valence-electron chi connectivity index (χ2n) is 8.31. The summed E-state index contributed by atoms with van der Waals surface area (Å²) in [7, 11) is 1.88. The predicted octanol–water partition coefficient (Wildman–Crippen LogP) is 4.26. The summed E-state index contributed by atoms with van der Waals surface area (Å²) in [5.41, 5.74) is 11.0. The van der Waals surface area contributed by atoms with Crippen LogP contribution in [0.5, 0.6) is 0 Å². The molecule has 1 atom stereocenters. The Morgan fingerprint density at radius 1 is 1.00 bits per heavy atom. The van der Waals surface area contributed by atoms with Crippen molar-refractivity contribution in [1.82, 2.24) is 24.4 Å². The van der Waals surface area contributed by atoms with Gasteiger partial charge in [-0.1, -0.05) is 35.9 Å². The molecule has 3 aromatic heterocycles. The molecule has 1 amide bonds. The van der Waals surface area contributed by atoms with Gasteiger partial charge in [0.1, 0.15) is 11.9 Å². The lowest BCUT2D eigenvalue weighted by Crippen LogP contribution is -2.45. The number of rotatable bonds is 5. The van der Waals surface area contributed by atoms with Gasteiger partial charge in [-0.25, -0.2) is 9.50 Å². The van der Waals surface area contributed by atoms with E-state index in [0.29, 0.717) is 16.3 Å². The number of amides is 1. The number of carbonyl (C=O) groups excluding carboxylic acids is 1. The number of hydrogen-bond donors (Lipinski definition) is 2. The molecule has 0 saturated heterocycles. The van der Waals surface area contributed by atoms with Crippen molar-refractivity contribution >= 4 is 28.7 Å². The van der Waals surface area contributed by atoms with Gasteiger partial charge >= 0.3 is 0 Å². The van der Waals surface area contributed by atoms with Gasteiger partial charge in [0, 0.05) is 46.8 Å². The van der Waals surface area contributed by atoms with E-state index in [1.807, 2.05) is 56.0 Å². The van der Waals surface area contributed by atoms with Gasteiger partial charge < -0.3 is 11.1 Å². The van der Waals surface area contributed by atoms with E-state index in [0.717, 1.165) is 27.9 Å². The summed E-state index contributed by atoms with van der Waals surface area (Å²) >= 11 is 5.95. The first-order valence-corrected chi connectivity index (χ1v) is 11.0. The van der Waals surface area contributed by atoms with Crippen molar-refractivity contribution in [2.45, 2.75) is 12.5 Å². The summed E-state index contributed by atoms with van der Waals surface area (Å²) in [6.07, 6.45) is 7.24. The number of anilines is 1. The number of aromatic nitrogens is 5. The van der Waals surface area contributed by atoms with Crippen LogP contribution >= 0.6 is 11.6 Å². The number of carbonyl (C=O) groups is 1. The molecule has 5 rings (SSSR count). The first-order valence-electron chi connectivity index (χ1n) is 10.6. The number of nitrogens with one attached hydrogen (secondary N) is 1. The minimum Gasteiger partial charge on any atom is -0.324 e. The summed E-state index contributed by atoms with van der Waals surface area (Å²) in [5, 5.41) is 12.1. The number of halogens is 1. The van der Waals surface area contributed by atoms with E-state index in [1.54, 1.807) is 40.4 Å². The number of benzene rings is 2. The van der Waals surface area contributed by atoms with E-state index in [-0.39, 0.29) is 5.91 Å². The third-order valence-electron chi connectivity index (χ3n) is 5.78. The van der Waals surface area contributed by atoms with Crippen LogP contribution in [0.1, 0.15) is 12.5 Å². The highest BCUT2D eigenvalue weighted by Gasteiger charge is 2.30. The molecule has 0 bridgehead atoms. The van der Waals surface area contributed by atoms with E-state index in [1.165, 1.54) is 6.33 Å². The van der Waals surface area contributed by atoms with Gasteiger partial charge in [-0.3, -0.25) is 9.48 Å². The lowest BCUT2D eigenvalue weighted by Gasteiger charge is -2.24. The minimum absolute atomic E-state index is 0.320. The second kappa shape index (κ2) is 8.40. The van der Waals surface area contributed by atoms with E-state index < -0.39 is 5.54 Å². The molecule has 8 nitrogen and oxygen atoms in total. The molecule has 0 saturated carbocycles. The fourth-order valence-electron chi connectivity index (χ4n) is 3.78. The van der Waals surface area contributed by atoms with Crippen molar-refractivity contribution in [3.63, 3.8) is 0 Å². The zero-order valence-corrected chi connectivity index (χ0v) is 19.4. The average Bonchev–Trinajstić information content (AvgIpc) is 3.46. The Kier molecular flexibility index (Phi) is 5.39. The fraction of sp³-hybridized carbons (Fsp3) is 0.120. The Hall–Kier alpha value is -4.01. The summed E-state index contributed by atoms with van der Waals surface area (Å²) in [4.78, 5) is 17.4. The fourth-order valence-corrected chi connectivity index (χ4v) is 3.91. The highest BCUT2D eigenvalue weighted by Crippen LogP contribution is 2.29. The molecule has 5 aromatic rings. The van der Waals surface area contributed by atoms with Gasteiger partial charge in [0.05, 0.1) is 17.4 Å². The first-order chi connectivity index (χ1) is 16.3. The van der Waals surface area contributed by atoms with Gasteiger partial charge in [-0.15, -0.1) is 0 Å². The summed E-state index contributed by atoms with van der Waals surface area (Å²) in [6.45, 7) is 1.67. The van der Waals surface area contributed by atoms with Crippen LogP contribution in [0.3, 0.4) is 0 Å². The molecular formula is C25H22ClN7O. The Morgan fingerprint density at radius 3 is 2.41 bits per heavy atom. The highest BCUT2D eigenvalue weighted by molar-refractivity contribution is 6.30. The largest absolute Gasteiger partial charge is 0.324 e. The molecule has 170 valence electrons. The van der Waals surface area contributed by atoms with Gasteiger partial charge in [0.25, 0.3) is 0 Å². The normalized spacial score (nSPS) is 13.1. The molecule has 0 fully saturated rings. The second-order valence-corrected chi connectivity index (χ2v) is 8.75. The zero-order chi connectivity index (χ0) is 23.9. The maximum absolute atomic E-state index is 12.9. The molecule has 0 aliphatic rings. The molecule has 0 aliphatic heterocycles. The molecule has 0 spiro atoms. The van der Waals surface area contributed by atoms with E-state index in [4.69, 9.17) is 17.3 Å². The number of nitrogens with zero attached hydrogens (tertiary/aromatic N) is 5. The third-order valence-corrected chi connectivity index (χ3v) is 6.03. The molecule has 0 radical (unpaired) electrons. The SMILES string of the molecule is Cn1cc(-c2cc3c(-c4ccc(NC(=O)C(C)(N)c5ccc(Cl)cc5)cc4)ncnn3c2)cn1. The lowest BCUT2D eigenvalue weighted by atomic mass is 9.92. The molecule has 9 heteroatoms. The van der Waals surface area contributed by atoms with Crippen molar-refractivity contribution in [3.8, 4) is 22.4 Å². The van der Waals surface area contributed by atoms with Crippen molar-refractivity contribution in [2.75, 3.05) is 5.32 Å². The maximum Gasteiger partial charge on any atom is 0.248 e. The Morgan fingerprint density at radius 2 is 1.74 bits per heavy atom. The Bertz CT molecular complexity index is 1480. The first kappa shape index (κ1) is 21.8. The van der Waals surface area contributed by atoms with E-state index in [9.17, 15) is 4.79 Å². The van der Waals surface area contributed by atoms with E-state index >= 15 is 0 Å². The van der Waals surface area contributed by atoms with Gasteiger partial charge in [-0.2, -0.15) is 10.2 Å². The van der Waals surface area contributed by atoms with Crippen LogP contribution in [0.15, 0.2) is 79.5 Å². The quantitative estimate of drug-likeness (QED) is 0.398. The molecule has 3 heterocycles. The highest BCUT2D eigenvalue weighted by atomic mass is 35.5. The smallest absolute Gasteiger partial charge is 0.248 e. The topological polar surface area (TPSA) is 103 Å². The molecule has 2 aromatic carbocycles. The monoisotopic (exact) mass is 471 g/mol. The van der Waals surface area contributed by atoms with Crippen LogP contribution in [-0.2, 0) is 17.4 Å². The summed E-state index contributed by atoms with van der Waals surface area (Å²) in [5.74, 6) is -0.320. The van der Waals surface area contributed by atoms with Crippen LogP contribution in [0.2, 0.25) is 5.02 Å². The Balaban J connectivity index is 1.39. The van der Waals surface area contributed by atoms with Crippen molar-refractivity contribution in [3.05, 3.63) is 90.1 Å². The van der Waals surface area contributed by atoms with Crippen LogP contribution in [-0.4, -0.2) is 30.3 Å². The standard InChI is InChI=1S/C25H22ClN7O/c1-25(27,19-5-7-20(26)8-6-19)24(34)31-21-9-3-16(4-10-21)23-22-11-17(14-33(22)30-15-28-23)18-12-29-32(2)13-18/h3-15H,27H2,1-2H3,(H,31,34). The minimum atomic E-state index is -1.21. The number of aryl methyl sites for hydroxylation is 1. The molecule has 3 N–H and O–H groups in total. The van der Waals surface area contributed by atoms with Crippen LogP contribution < -0.4 is 11.1 Å².